The quantitative estimate of drug-likeness (QED) is 0.167. The molecule has 234 valence electrons. The van der Waals surface area contributed by atoms with Crippen molar-refractivity contribution in [2.24, 2.45) is 0 Å². The van der Waals surface area contributed by atoms with E-state index in [0.29, 0.717) is 0 Å². The molecule has 0 bridgehead atoms. The van der Waals surface area contributed by atoms with Crippen molar-refractivity contribution in [3.8, 4) is 22.3 Å². The second-order valence-corrected chi connectivity index (χ2v) is 14.0. The molecule has 0 N–H and O–H groups in total. The summed E-state index contributed by atoms with van der Waals surface area (Å²) < 4.78 is 2.61. The van der Waals surface area contributed by atoms with Crippen LogP contribution in [0.2, 0.25) is 0 Å². The van der Waals surface area contributed by atoms with Gasteiger partial charge in [-0.05, 0) is 103 Å². The van der Waals surface area contributed by atoms with Crippen LogP contribution in [0.15, 0.2) is 188 Å². The molecule has 0 atom stereocenters. The number of anilines is 3. The molecule has 9 aromatic carbocycles. The van der Waals surface area contributed by atoms with Gasteiger partial charge in [0.2, 0.25) is 0 Å². The van der Waals surface area contributed by atoms with Crippen LogP contribution >= 0.6 is 11.3 Å². The third-order valence-electron chi connectivity index (χ3n) is 10.0. The average molecular weight is 654 g/mol. The van der Waals surface area contributed by atoms with Gasteiger partial charge in [-0.3, -0.25) is 0 Å². The van der Waals surface area contributed by atoms with Crippen LogP contribution in [0.25, 0.3) is 74.7 Å². The molecule has 0 aliphatic carbocycles. The van der Waals surface area contributed by atoms with E-state index in [1.165, 1.54) is 74.7 Å². The van der Waals surface area contributed by atoms with Gasteiger partial charge in [-0.15, -0.1) is 11.3 Å². The van der Waals surface area contributed by atoms with Crippen LogP contribution in [0.4, 0.5) is 17.1 Å². The molecule has 0 saturated carbocycles. The molecule has 10 rings (SSSR count). The summed E-state index contributed by atoms with van der Waals surface area (Å²) in [6, 6.07) is 68.7. The molecule has 1 nitrogen and oxygen atoms in total. The van der Waals surface area contributed by atoms with Gasteiger partial charge in [0.25, 0.3) is 0 Å². The molecule has 1 aromatic heterocycles. The Hall–Kier alpha value is -6.22. The number of rotatable bonds is 5. The normalized spacial score (nSPS) is 11.6. The van der Waals surface area contributed by atoms with E-state index in [1.54, 1.807) is 0 Å². The highest BCUT2D eigenvalue weighted by Gasteiger charge is 2.17. The maximum atomic E-state index is 2.39. The highest BCUT2D eigenvalue weighted by molar-refractivity contribution is 7.25. The van der Waals surface area contributed by atoms with Gasteiger partial charge < -0.3 is 4.90 Å². The second-order valence-electron chi connectivity index (χ2n) is 12.9. The largest absolute Gasteiger partial charge is 0.310 e. The fourth-order valence-corrected chi connectivity index (χ4v) is 8.80. The summed E-state index contributed by atoms with van der Waals surface area (Å²) >= 11 is 1.86. The SMILES string of the molecule is c1ccc(-c2cccc(N(c3ccc(-c4cc5ccc6ccccc6c5c5ccccc45)cc3)c3ccc4c(c3)sc3ccccc34)c2)cc1. The van der Waals surface area contributed by atoms with Crippen LogP contribution in [0.3, 0.4) is 0 Å². The lowest BCUT2D eigenvalue weighted by atomic mass is 9.90. The molecule has 1 heterocycles. The van der Waals surface area contributed by atoms with Gasteiger partial charge in [0.05, 0.1) is 0 Å². The smallest absolute Gasteiger partial charge is 0.0476 e. The number of nitrogens with zero attached hydrogens (tertiary/aromatic N) is 1. The highest BCUT2D eigenvalue weighted by Crippen LogP contribution is 2.43. The van der Waals surface area contributed by atoms with E-state index in [0.717, 1.165) is 17.1 Å². The van der Waals surface area contributed by atoms with Crippen LogP contribution in [0.1, 0.15) is 0 Å². The van der Waals surface area contributed by atoms with E-state index in [9.17, 15) is 0 Å². The molecular weight excluding hydrogens is 623 g/mol. The van der Waals surface area contributed by atoms with E-state index in [-0.39, 0.29) is 0 Å². The fraction of sp³-hybridized carbons (Fsp3) is 0. The van der Waals surface area contributed by atoms with Crippen molar-refractivity contribution in [1.82, 2.24) is 0 Å². The molecule has 0 aliphatic rings. The standard InChI is InChI=1S/C48H31NS/c1-2-11-32(12-3-1)35-14-10-15-38(29-35)49(39-27-28-43-42-18-8-9-20-46(42)50-47(43)31-39)37-25-23-34(24-26-37)45-30-36-22-21-33-13-4-5-16-40(33)48(36)44-19-7-6-17-41(44)45/h1-31H. The lowest BCUT2D eigenvalue weighted by molar-refractivity contribution is 1.29. The summed E-state index contributed by atoms with van der Waals surface area (Å²) in [5.74, 6) is 0. The van der Waals surface area contributed by atoms with Crippen molar-refractivity contribution >= 4 is 80.9 Å². The first-order valence-corrected chi connectivity index (χ1v) is 17.9. The minimum atomic E-state index is 1.12. The van der Waals surface area contributed by atoms with Gasteiger partial charge in [0.15, 0.2) is 0 Å². The van der Waals surface area contributed by atoms with Crippen LogP contribution in [-0.4, -0.2) is 0 Å². The molecule has 0 saturated heterocycles. The van der Waals surface area contributed by atoms with Crippen molar-refractivity contribution in [2.45, 2.75) is 0 Å². The molecule has 50 heavy (non-hydrogen) atoms. The number of hydrogen-bond donors (Lipinski definition) is 0. The first-order valence-electron chi connectivity index (χ1n) is 17.1. The molecule has 10 aromatic rings. The fourth-order valence-electron chi connectivity index (χ4n) is 7.66. The molecule has 0 radical (unpaired) electrons. The monoisotopic (exact) mass is 653 g/mol. The molecule has 0 amide bonds. The van der Waals surface area contributed by atoms with Crippen molar-refractivity contribution in [2.75, 3.05) is 4.90 Å². The van der Waals surface area contributed by atoms with E-state index in [2.05, 4.69) is 193 Å². The summed E-state index contributed by atoms with van der Waals surface area (Å²) in [7, 11) is 0. The zero-order valence-corrected chi connectivity index (χ0v) is 28.1. The molecule has 0 aliphatic heterocycles. The van der Waals surface area contributed by atoms with Gasteiger partial charge in [0, 0.05) is 37.2 Å². The second kappa shape index (κ2) is 11.7. The number of fused-ring (bicyclic) bond motifs is 8. The van der Waals surface area contributed by atoms with Gasteiger partial charge in [-0.2, -0.15) is 0 Å². The Morgan fingerprint density at radius 2 is 0.960 bits per heavy atom. The Bertz CT molecular complexity index is 2870. The first-order chi connectivity index (χ1) is 24.8. The summed E-state index contributed by atoms with van der Waals surface area (Å²) in [5, 5.41) is 10.3. The predicted octanol–water partition coefficient (Wildman–Crippen LogP) is 14.3. The lowest BCUT2D eigenvalue weighted by Crippen LogP contribution is -2.10. The summed E-state index contributed by atoms with van der Waals surface area (Å²) in [6.07, 6.45) is 0. The van der Waals surface area contributed by atoms with Crippen LogP contribution in [0.5, 0.6) is 0 Å². The van der Waals surface area contributed by atoms with Crippen molar-refractivity contribution in [3.63, 3.8) is 0 Å². The van der Waals surface area contributed by atoms with Gasteiger partial charge in [-0.25, -0.2) is 0 Å². The van der Waals surface area contributed by atoms with Crippen LogP contribution in [0, 0.1) is 0 Å². The Morgan fingerprint density at radius 3 is 1.82 bits per heavy atom. The number of benzene rings is 9. The Kier molecular flexibility index (Phi) is 6.75. The predicted molar refractivity (Wildman–Crippen MR) is 217 cm³/mol. The molecule has 0 fully saturated rings. The van der Waals surface area contributed by atoms with Gasteiger partial charge >= 0.3 is 0 Å². The zero-order valence-electron chi connectivity index (χ0n) is 27.3. The Morgan fingerprint density at radius 1 is 0.320 bits per heavy atom. The van der Waals surface area contributed by atoms with E-state index in [1.807, 2.05) is 11.3 Å². The van der Waals surface area contributed by atoms with Crippen LogP contribution in [-0.2, 0) is 0 Å². The molecule has 2 heteroatoms. The number of thiophene rings is 1. The molecular formula is C48H31NS. The Labute approximate surface area is 294 Å². The summed E-state index contributed by atoms with van der Waals surface area (Å²) in [6.45, 7) is 0. The van der Waals surface area contributed by atoms with Gasteiger partial charge in [0.1, 0.15) is 0 Å². The first kappa shape index (κ1) is 28.8. The molecule has 0 spiro atoms. The third-order valence-corrected chi connectivity index (χ3v) is 11.1. The number of hydrogen-bond acceptors (Lipinski definition) is 2. The third kappa shape index (κ3) is 4.76. The minimum Gasteiger partial charge on any atom is -0.310 e. The maximum absolute atomic E-state index is 2.39. The van der Waals surface area contributed by atoms with Crippen molar-refractivity contribution in [1.29, 1.82) is 0 Å². The average Bonchev–Trinajstić information content (AvgIpc) is 3.56. The lowest BCUT2D eigenvalue weighted by Gasteiger charge is -2.26. The highest BCUT2D eigenvalue weighted by atomic mass is 32.1. The van der Waals surface area contributed by atoms with Crippen molar-refractivity contribution in [3.05, 3.63) is 188 Å². The topological polar surface area (TPSA) is 3.24 Å². The maximum Gasteiger partial charge on any atom is 0.0476 e. The summed E-state index contributed by atoms with van der Waals surface area (Å²) in [5.41, 5.74) is 8.25. The summed E-state index contributed by atoms with van der Waals surface area (Å²) in [4.78, 5) is 2.39. The van der Waals surface area contributed by atoms with Crippen molar-refractivity contribution < 1.29 is 0 Å². The van der Waals surface area contributed by atoms with E-state index in [4.69, 9.17) is 0 Å². The Balaban J connectivity index is 1.13. The minimum absolute atomic E-state index is 1.12. The van der Waals surface area contributed by atoms with E-state index < -0.39 is 0 Å². The van der Waals surface area contributed by atoms with Gasteiger partial charge in [-0.1, -0.05) is 140 Å². The zero-order chi connectivity index (χ0) is 33.0. The van der Waals surface area contributed by atoms with Crippen LogP contribution < -0.4 is 4.90 Å². The molecule has 0 unspecified atom stereocenters. The van der Waals surface area contributed by atoms with E-state index >= 15 is 0 Å².